The summed E-state index contributed by atoms with van der Waals surface area (Å²) in [6.07, 6.45) is 6.10. The maximum Gasteiger partial charge on any atom is 0.328 e. The molecule has 3 aromatic rings. The zero-order chi connectivity index (χ0) is 22.1. The highest BCUT2D eigenvalue weighted by Gasteiger charge is 2.51. The maximum atomic E-state index is 13.4. The molecular formula is C23H26N6O3. The molecule has 2 aromatic heterocycles. The van der Waals surface area contributed by atoms with Crippen molar-refractivity contribution < 1.29 is 9.59 Å². The number of carbonyl (C=O) groups excluding carboxylic acids is 2. The highest BCUT2D eigenvalue weighted by molar-refractivity contribution is 5.99. The number of anilines is 1. The van der Waals surface area contributed by atoms with Crippen LogP contribution in [0.1, 0.15) is 41.7 Å². The van der Waals surface area contributed by atoms with E-state index in [-0.39, 0.29) is 35.5 Å². The van der Waals surface area contributed by atoms with Gasteiger partial charge in [-0.1, -0.05) is 0 Å². The summed E-state index contributed by atoms with van der Waals surface area (Å²) in [6.45, 7) is 0.873. The number of aromatic nitrogens is 4. The van der Waals surface area contributed by atoms with Gasteiger partial charge < -0.3 is 10.2 Å². The Kier molecular flexibility index (Phi) is 4.12. The number of rotatable bonds is 3. The summed E-state index contributed by atoms with van der Waals surface area (Å²) in [6, 6.07) is 5.54. The monoisotopic (exact) mass is 434 g/mol. The van der Waals surface area contributed by atoms with Gasteiger partial charge in [0.15, 0.2) is 0 Å². The van der Waals surface area contributed by atoms with Crippen molar-refractivity contribution in [1.29, 1.82) is 0 Å². The molecule has 2 bridgehead atoms. The zero-order valence-corrected chi connectivity index (χ0v) is 18.2. The Morgan fingerprint density at radius 2 is 1.94 bits per heavy atom. The van der Waals surface area contributed by atoms with Gasteiger partial charge in [-0.25, -0.2) is 4.79 Å². The van der Waals surface area contributed by atoms with Gasteiger partial charge in [0.25, 0.3) is 5.91 Å². The van der Waals surface area contributed by atoms with Crippen LogP contribution in [0, 0.1) is 5.92 Å². The van der Waals surface area contributed by atoms with Crippen molar-refractivity contribution >= 4 is 28.5 Å². The second-order valence-corrected chi connectivity index (χ2v) is 9.28. The molecule has 0 saturated carbocycles. The Balaban J connectivity index is 1.23. The smallest absolute Gasteiger partial charge is 0.328 e. The Morgan fingerprint density at radius 3 is 2.78 bits per heavy atom. The number of benzene rings is 1. The molecule has 6 rings (SSSR count). The van der Waals surface area contributed by atoms with E-state index >= 15 is 0 Å². The molecule has 9 heteroatoms. The lowest BCUT2D eigenvalue weighted by molar-refractivity contribution is -0.120. The maximum absolute atomic E-state index is 13.4. The number of imidazole rings is 1. The van der Waals surface area contributed by atoms with E-state index in [0.29, 0.717) is 17.7 Å². The quantitative estimate of drug-likeness (QED) is 0.678. The summed E-state index contributed by atoms with van der Waals surface area (Å²) in [5, 5.41) is 7.41. The first-order valence-electron chi connectivity index (χ1n) is 11.3. The normalized spacial score (nSPS) is 23.8. The van der Waals surface area contributed by atoms with Gasteiger partial charge in [-0.2, -0.15) is 5.10 Å². The van der Waals surface area contributed by atoms with Crippen LogP contribution in [-0.4, -0.2) is 47.7 Å². The van der Waals surface area contributed by atoms with E-state index in [0.717, 1.165) is 49.0 Å². The summed E-state index contributed by atoms with van der Waals surface area (Å²) in [5.74, 6) is -0.260. The van der Waals surface area contributed by atoms with Crippen molar-refractivity contribution in [3.8, 4) is 0 Å². The number of nitrogens with one attached hydrogen (secondary N) is 1. The van der Waals surface area contributed by atoms with Crippen LogP contribution in [0.3, 0.4) is 0 Å². The Labute approximate surface area is 184 Å². The molecule has 9 nitrogen and oxygen atoms in total. The van der Waals surface area contributed by atoms with Gasteiger partial charge in [-0.05, 0) is 50.3 Å². The molecule has 3 aliphatic heterocycles. The molecule has 2 amide bonds. The predicted octanol–water partition coefficient (Wildman–Crippen LogP) is 1.65. The van der Waals surface area contributed by atoms with E-state index in [1.807, 2.05) is 27.8 Å². The Bertz CT molecular complexity index is 1330. The SMILES string of the molecule is Cn1c(=O)n(C)c2cc(NC(=O)C3CC4CCC3N4C(=O)c3cnn4c3CCC4)ccc21. The third-order valence-electron chi connectivity index (χ3n) is 7.61. The summed E-state index contributed by atoms with van der Waals surface area (Å²) in [5.41, 5.74) is 3.90. The standard InChI is InChI=1S/C23H26N6O3/c1-26-19-7-5-13(10-20(19)27(2)23(26)32)25-21(30)15-11-14-6-8-18(15)29(14)22(31)16-12-24-28-9-3-4-17(16)28/h5,7,10,12,14-15,18H,3-4,6,8-9,11H2,1-2H3,(H,25,30). The molecular weight excluding hydrogens is 408 g/mol. The van der Waals surface area contributed by atoms with Gasteiger partial charge in [-0.15, -0.1) is 0 Å². The molecule has 0 aliphatic carbocycles. The molecule has 3 aliphatic rings. The fourth-order valence-electron chi connectivity index (χ4n) is 5.99. The van der Waals surface area contributed by atoms with E-state index in [2.05, 4.69) is 10.4 Å². The fraction of sp³-hybridized carbons (Fsp3) is 0.478. The van der Waals surface area contributed by atoms with Crippen molar-refractivity contribution in [2.75, 3.05) is 5.32 Å². The molecule has 166 valence electrons. The van der Waals surface area contributed by atoms with Crippen LogP contribution in [0.25, 0.3) is 11.0 Å². The third kappa shape index (κ3) is 2.63. The first kappa shape index (κ1) is 19.3. The van der Waals surface area contributed by atoms with E-state index in [9.17, 15) is 14.4 Å². The average Bonchev–Trinajstić information content (AvgIpc) is 3.59. The molecule has 2 saturated heterocycles. The minimum Gasteiger partial charge on any atom is -0.332 e. The molecule has 1 aromatic carbocycles. The van der Waals surface area contributed by atoms with Gasteiger partial charge in [-0.3, -0.25) is 23.4 Å². The number of hydrogen-bond donors (Lipinski definition) is 1. The number of nitrogens with zero attached hydrogens (tertiary/aromatic N) is 5. The topological polar surface area (TPSA) is 94.2 Å². The second-order valence-electron chi connectivity index (χ2n) is 9.28. The zero-order valence-electron chi connectivity index (χ0n) is 18.2. The van der Waals surface area contributed by atoms with Crippen molar-refractivity contribution in [2.45, 2.75) is 50.7 Å². The Morgan fingerprint density at radius 1 is 1.12 bits per heavy atom. The number of fused-ring (bicyclic) bond motifs is 4. The average molecular weight is 435 g/mol. The number of carbonyl (C=O) groups is 2. The third-order valence-corrected chi connectivity index (χ3v) is 7.61. The Hall–Kier alpha value is -3.36. The van der Waals surface area contributed by atoms with Gasteiger partial charge in [0.2, 0.25) is 5.91 Å². The lowest BCUT2D eigenvalue weighted by Gasteiger charge is -2.24. The molecule has 2 fully saturated rings. The van der Waals surface area contributed by atoms with Crippen LogP contribution in [-0.2, 0) is 31.9 Å². The number of amides is 2. The highest BCUT2D eigenvalue weighted by atomic mass is 16.2. The van der Waals surface area contributed by atoms with Crippen LogP contribution in [0.2, 0.25) is 0 Å². The molecule has 3 atom stereocenters. The van der Waals surface area contributed by atoms with E-state index in [1.165, 1.54) is 0 Å². The number of aryl methyl sites for hydroxylation is 3. The molecule has 0 spiro atoms. The predicted molar refractivity (Wildman–Crippen MR) is 118 cm³/mol. The summed E-state index contributed by atoms with van der Waals surface area (Å²) in [7, 11) is 3.46. The van der Waals surface area contributed by atoms with Crippen LogP contribution in [0.5, 0.6) is 0 Å². The van der Waals surface area contributed by atoms with Crippen LogP contribution < -0.4 is 11.0 Å². The second kappa shape index (κ2) is 6.82. The first-order valence-corrected chi connectivity index (χ1v) is 11.3. The van der Waals surface area contributed by atoms with Crippen LogP contribution in [0.4, 0.5) is 5.69 Å². The van der Waals surface area contributed by atoms with Gasteiger partial charge in [0.05, 0.1) is 34.4 Å². The van der Waals surface area contributed by atoms with E-state index in [4.69, 9.17) is 0 Å². The summed E-state index contributed by atoms with van der Waals surface area (Å²) < 4.78 is 5.10. The minimum atomic E-state index is -0.225. The lowest BCUT2D eigenvalue weighted by Crippen LogP contribution is -2.39. The summed E-state index contributed by atoms with van der Waals surface area (Å²) >= 11 is 0. The van der Waals surface area contributed by atoms with Gasteiger partial charge in [0.1, 0.15) is 0 Å². The summed E-state index contributed by atoms with van der Waals surface area (Å²) in [4.78, 5) is 40.7. The van der Waals surface area contributed by atoms with Gasteiger partial charge in [0, 0.05) is 38.4 Å². The molecule has 5 heterocycles. The largest absolute Gasteiger partial charge is 0.332 e. The van der Waals surface area contributed by atoms with Crippen molar-refractivity contribution in [3.05, 3.63) is 46.1 Å². The number of hydrogen-bond acceptors (Lipinski definition) is 4. The molecule has 3 unspecified atom stereocenters. The lowest BCUT2D eigenvalue weighted by atomic mass is 9.88. The van der Waals surface area contributed by atoms with Crippen molar-refractivity contribution in [1.82, 2.24) is 23.8 Å². The van der Waals surface area contributed by atoms with Crippen molar-refractivity contribution in [3.63, 3.8) is 0 Å². The molecule has 32 heavy (non-hydrogen) atoms. The molecule has 1 N–H and O–H groups in total. The minimum absolute atomic E-state index is 0.0247. The van der Waals surface area contributed by atoms with E-state index < -0.39 is 0 Å². The van der Waals surface area contributed by atoms with Crippen LogP contribution in [0.15, 0.2) is 29.2 Å². The van der Waals surface area contributed by atoms with E-state index in [1.54, 1.807) is 29.4 Å². The van der Waals surface area contributed by atoms with Crippen LogP contribution >= 0.6 is 0 Å². The molecule has 0 radical (unpaired) electrons. The first-order chi connectivity index (χ1) is 15.4. The van der Waals surface area contributed by atoms with Crippen molar-refractivity contribution in [2.24, 2.45) is 20.0 Å². The van der Waals surface area contributed by atoms with Gasteiger partial charge >= 0.3 is 5.69 Å². The fourth-order valence-corrected chi connectivity index (χ4v) is 5.99. The highest BCUT2D eigenvalue weighted by Crippen LogP contribution is 2.43.